The summed E-state index contributed by atoms with van der Waals surface area (Å²) in [6, 6.07) is 7.06. The van der Waals surface area contributed by atoms with Gasteiger partial charge < -0.3 is 11.1 Å². The average Bonchev–Trinajstić information content (AvgIpc) is 2.61. The highest BCUT2D eigenvalue weighted by molar-refractivity contribution is 7.89. The number of nitrogens with two attached hydrogens (primary N) is 1. The minimum atomic E-state index is -3.46. The molecule has 7 heteroatoms. The summed E-state index contributed by atoms with van der Waals surface area (Å²) in [5.41, 5.74) is 6.53. The molecule has 2 rings (SSSR count). The number of piperidine rings is 1. The van der Waals surface area contributed by atoms with Crippen molar-refractivity contribution < 1.29 is 8.42 Å². The van der Waals surface area contributed by atoms with E-state index < -0.39 is 10.0 Å². The number of rotatable bonds is 7. The minimum absolute atomic E-state index is 0.258. The Bertz CT molecular complexity index is 652. The molecule has 1 aliphatic rings. The van der Waals surface area contributed by atoms with E-state index in [0.717, 1.165) is 38.6 Å². The van der Waals surface area contributed by atoms with E-state index in [-0.39, 0.29) is 6.54 Å². The van der Waals surface area contributed by atoms with Gasteiger partial charge in [-0.1, -0.05) is 38.0 Å². The molecule has 1 heterocycles. The average molecular weight is 353 g/mol. The molecule has 0 radical (unpaired) electrons. The lowest BCUT2D eigenvalue weighted by atomic mass is 10.2. The van der Waals surface area contributed by atoms with Gasteiger partial charge in [0, 0.05) is 19.6 Å². The zero-order valence-electron chi connectivity index (χ0n) is 14.4. The molecule has 0 amide bonds. The lowest BCUT2D eigenvalue weighted by molar-refractivity contribution is 0.346. The van der Waals surface area contributed by atoms with Crippen LogP contribution in [0, 0.1) is 0 Å². The van der Waals surface area contributed by atoms with E-state index in [2.05, 4.69) is 17.2 Å². The standard InChI is InChI=1S/C17H28N4O2S/c1-2-3-11-19-17(18)20-14-15-9-5-6-10-16(15)24(22,23)21-12-7-4-8-13-21/h5-6,9-10H,2-4,7-8,11-14H2,1H3,(H3,18,19,20). The van der Waals surface area contributed by atoms with Gasteiger partial charge in [0.05, 0.1) is 11.4 Å². The normalized spacial score (nSPS) is 17.0. The summed E-state index contributed by atoms with van der Waals surface area (Å²) < 4.78 is 27.4. The zero-order valence-corrected chi connectivity index (χ0v) is 15.2. The number of nitrogens with one attached hydrogen (secondary N) is 1. The summed E-state index contributed by atoms with van der Waals surface area (Å²) >= 11 is 0. The Kier molecular flexibility index (Phi) is 7.05. The van der Waals surface area contributed by atoms with Crippen molar-refractivity contribution >= 4 is 16.0 Å². The van der Waals surface area contributed by atoms with E-state index >= 15 is 0 Å². The van der Waals surface area contributed by atoms with Crippen LogP contribution in [-0.2, 0) is 16.6 Å². The molecule has 134 valence electrons. The quantitative estimate of drug-likeness (QED) is 0.447. The fraction of sp³-hybridized carbons (Fsp3) is 0.588. The first-order valence-corrected chi connectivity index (χ1v) is 10.1. The topological polar surface area (TPSA) is 87.8 Å². The Morgan fingerprint density at radius 2 is 1.96 bits per heavy atom. The van der Waals surface area contributed by atoms with Crippen LogP contribution in [0.1, 0.15) is 44.6 Å². The van der Waals surface area contributed by atoms with Crippen molar-refractivity contribution in [2.24, 2.45) is 10.7 Å². The third-order valence-electron chi connectivity index (χ3n) is 4.16. The molecular formula is C17H28N4O2S. The predicted octanol–water partition coefficient (Wildman–Crippen LogP) is 2.07. The number of benzene rings is 1. The molecule has 0 unspecified atom stereocenters. The number of hydrogen-bond acceptors (Lipinski definition) is 3. The molecule has 0 aliphatic carbocycles. The third kappa shape index (κ3) is 4.95. The van der Waals surface area contributed by atoms with Crippen LogP contribution in [0.4, 0.5) is 0 Å². The highest BCUT2D eigenvalue weighted by Crippen LogP contribution is 2.24. The van der Waals surface area contributed by atoms with E-state index in [1.807, 2.05) is 6.07 Å². The molecular weight excluding hydrogens is 324 g/mol. The Morgan fingerprint density at radius 3 is 2.67 bits per heavy atom. The van der Waals surface area contributed by atoms with Gasteiger partial charge >= 0.3 is 0 Å². The van der Waals surface area contributed by atoms with Crippen molar-refractivity contribution in [3.8, 4) is 0 Å². The molecule has 0 aromatic heterocycles. The second kappa shape index (κ2) is 9.03. The van der Waals surface area contributed by atoms with Crippen LogP contribution < -0.4 is 11.1 Å². The number of aliphatic imine (C=N–C) groups is 1. The molecule has 0 saturated carbocycles. The molecule has 1 fully saturated rings. The Hall–Kier alpha value is -1.60. The Balaban J connectivity index is 2.13. The molecule has 24 heavy (non-hydrogen) atoms. The van der Waals surface area contributed by atoms with Crippen molar-refractivity contribution in [2.45, 2.75) is 50.5 Å². The van der Waals surface area contributed by atoms with Crippen molar-refractivity contribution in [2.75, 3.05) is 19.6 Å². The van der Waals surface area contributed by atoms with Crippen molar-refractivity contribution in [3.05, 3.63) is 29.8 Å². The summed E-state index contributed by atoms with van der Waals surface area (Å²) in [5, 5.41) is 3.04. The van der Waals surface area contributed by atoms with E-state index in [9.17, 15) is 8.42 Å². The van der Waals surface area contributed by atoms with E-state index in [0.29, 0.717) is 29.5 Å². The van der Waals surface area contributed by atoms with Crippen LogP contribution in [0.3, 0.4) is 0 Å². The van der Waals surface area contributed by atoms with Gasteiger partial charge in [0.25, 0.3) is 0 Å². The van der Waals surface area contributed by atoms with Crippen molar-refractivity contribution in [1.29, 1.82) is 0 Å². The van der Waals surface area contributed by atoms with Crippen LogP contribution in [0.5, 0.6) is 0 Å². The molecule has 0 spiro atoms. The first-order valence-electron chi connectivity index (χ1n) is 8.67. The fourth-order valence-corrected chi connectivity index (χ4v) is 4.48. The number of nitrogens with zero attached hydrogens (tertiary/aromatic N) is 2. The molecule has 1 aromatic rings. The van der Waals surface area contributed by atoms with Crippen LogP contribution in [-0.4, -0.2) is 38.3 Å². The highest BCUT2D eigenvalue weighted by Gasteiger charge is 2.27. The van der Waals surface area contributed by atoms with Gasteiger partial charge in [0.15, 0.2) is 5.96 Å². The number of unbranched alkanes of at least 4 members (excludes halogenated alkanes) is 1. The van der Waals surface area contributed by atoms with Gasteiger partial charge in [0.2, 0.25) is 10.0 Å². The lowest BCUT2D eigenvalue weighted by Gasteiger charge is -2.26. The molecule has 0 bridgehead atoms. The van der Waals surface area contributed by atoms with E-state index in [1.165, 1.54) is 0 Å². The van der Waals surface area contributed by atoms with Crippen LogP contribution >= 0.6 is 0 Å². The summed E-state index contributed by atoms with van der Waals surface area (Å²) in [4.78, 5) is 4.63. The monoisotopic (exact) mass is 352 g/mol. The van der Waals surface area contributed by atoms with Crippen molar-refractivity contribution in [1.82, 2.24) is 9.62 Å². The maximum atomic E-state index is 12.9. The maximum Gasteiger partial charge on any atom is 0.243 e. The smallest absolute Gasteiger partial charge is 0.243 e. The number of hydrogen-bond donors (Lipinski definition) is 2. The molecule has 3 N–H and O–H groups in total. The number of sulfonamides is 1. The van der Waals surface area contributed by atoms with Gasteiger partial charge in [-0.2, -0.15) is 4.31 Å². The maximum absolute atomic E-state index is 12.9. The van der Waals surface area contributed by atoms with E-state index in [4.69, 9.17) is 5.73 Å². The van der Waals surface area contributed by atoms with E-state index in [1.54, 1.807) is 22.5 Å². The molecule has 6 nitrogen and oxygen atoms in total. The second-order valence-electron chi connectivity index (χ2n) is 6.05. The predicted molar refractivity (Wildman–Crippen MR) is 97.3 cm³/mol. The number of guanidine groups is 1. The van der Waals surface area contributed by atoms with Gasteiger partial charge in [-0.25, -0.2) is 13.4 Å². The summed E-state index contributed by atoms with van der Waals surface area (Å²) in [6.07, 6.45) is 5.05. The highest BCUT2D eigenvalue weighted by atomic mass is 32.2. The zero-order chi connectivity index (χ0) is 17.4. The molecule has 1 aromatic carbocycles. The summed E-state index contributed by atoms with van der Waals surface area (Å²) in [5.74, 6) is 0.355. The Morgan fingerprint density at radius 1 is 1.25 bits per heavy atom. The summed E-state index contributed by atoms with van der Waals surface area (Å²) in [6.45, 7) is 4.34. The van der Waals surface area contributed by atoms with Crippen LogP contribution in [0.25, 0.3) is 0 Å². The first kappa shape index (κ1) is 18.7. The molecule has 0 atom stereocenters. The largest absolute Gasteiger partial charge is 0.370 e. The SMILES string of the molecule is CCCCNC(N)=NCc1ccccc1S(=O)(=O)N1CCCCC1. The molecule has 1 aliphatic heterocycles. The fourth-order valence-electron chi connectivity index (χ4n) is 2.75. The third-order valence-corrected chi connectivity index (χ3v) is 6.16. The van der Waals surface area contributed by atoms with Crippen LogP contribution in [0.15, 0.2) is 34.2 Å². The second-order valence-corrected chi connectivity index (χ2v) is 7.96. The van der Waals surface area contributed by atoms with Gasteiger partial charge in [-0.05, 0) is 30.9 Å². The minimum Gasteiger partial charge on any atom is -0.370 e. The van der Waals surface area contributed by atoms with Gasteiger partial charge in [-0.3, -0.25) is 0 Å². The van der Waals surface area contributed by atoms with Gasteiger partial charge in [0.1, 0.15) is 0 Å². The lowest BCUT2D eigenvalue weighted by Crippen LogP contribution is -2.36. The Labute approximate surface area is 145 Å². The van der Waals surface area contributed by atoms with Crippen molar-refractivity contribution in [3.63, 3.8) is 0 Å². The van der Waals surface area contributed by atoms with Crippen LogP contribution in [0.2, 0.25) is 0 Å². The summed E-state index contributed by atoms with van der Waals surface area (Å²) in [7, 11) is -3.46. The first-order chi connectivity index (χ1) is 11.6. The van der Waals surface area contributed by atoms with Gasteiger partial charge in [-0.15, -0.1) is 0 Å². The molecule has 1 saturated heterocycles.